The number of rotatable bonds is 8. The molecule has 1 unspecified atom stereocenters. The summed E-state index contributed by atoms with van der Waals surface area (Å²) in [4.78, 5) is 30.4. The predicted molar refractivity (Wildman–Crippen MR) is 148 cm³/mol. The van der Waals surface area contributed by atoms with Crippen molar-refractivity contribution in [2.75, 3.05) is 49.3 Å². The normalized spacial score (nSPS) is 16.1. The number of likely N-dealkylation sites (N-methyl/N-ethyl adjacent to an activating group) is 1. The summed E-state index contributed by atoms with van der Waals surface area (Å²) in [5.41, 5.74) is 0.185. The van der Waals surface area contributed by atoms with E-state index in [1.165, 1.54) is 49.7 Å². The lowest BCUT2D eigenvalue weighted by Crippen LogP contribution is -2.57. The van der Waals surface area contributed by atoms with E-state index in [2.05, 4.69) is 43.7 Å². The molecule has 0 amide bonds. The number of alkyl halides is 3. The van der Waals surface area contributed by atoms with Crippen LogP contribution in [0, 0.1) is 0 Å². The van der Waals surface area contributed by atoms with Crippen molar-refractivity contribution in [2.24, 2.45) is 0 Å². The van der Waals surface area contributed by atoms with Crippen molar-refractivity contribution >= 4 is 40.9 Å². The van der Waals surface area contributed by atoms with Gasteiger partial charge in [-0.2, -0.15) is 18.2 Å². The molecule has 0 radical (unpaired) electrons. The maximum Gasteiger partial charge on any atom is 0.405 e. The van der Waals surface area contributed by atoms with Gasteiger partial charge in [0.2, 0.25) is 5.95 Å². The molecule has 0 aromatic carbocycles. The summed E-state index contributed by atoms with van der Waals surface area (Å²) in [7, 11) is 2.85. The molecular formula is C25H32F4N8O2. The van der Waals surface area contributed by atoms with E-state index in [1.807, 2.05) is 0 Å². The highest BCUT2D eigenvalue weighted by molar-refractivity contribution is 5.70. The monoisotopic (exact) mass is 552 g/mol. The van der Waals surface area contributed by atoms with Crippen LogP contribution in [0.3, 0.4) is 0 Å². The van der Waals surface area contributed by atoms with Gasteiger partial charge in [0.15, 0.2) is 11.6 Å². The Morgan fingerprint density at radius 2 is 2.05 bits per heavy atom. The Kier molecular flexibility index (Phi) is 7.85. The van der Waals surface area contributed by atoms with Crippen LogP contribution in [-0.4, -0.2) is 70.8 Å². The molecule has 10 nitrogen and oxygen atoms in total. The molecule has 14 heteroatoms. The number of aromatic amines is 1. The second kappa shape index (κ2) is 11.1. The molecule has 0 bridgehead atoms. The van der Waals surface area contributed by atoms with Crippen LogP contribution >= 0.6 is 0 Å². The average molecular weight is 553 g/mol. The largest absolute Gasteiger partial charge is 0.493 e. The first kappa shape index (κ1) is 27.6. The van der Waals surface area contributed by atoms with E-state index >= 15 is 0 Å². The average Bonchev–Trinajstić information content (AvgIpc) is 2.89. The van der Waals surface area contributed by atoms with Gasteiger partial charge in [0.05, 0.1) is 24.7 Å². The molecule has 212 valence electrons. The first-order valence-corrected chi connectivity index (χ1v) is 11.7. The first-order valence-electron chi connectivity index (χ1n) is 11.7. The Bertz CT molecular complexity index is 1460. The lowest BCUT2D eigenvalue weighted by Gasteiger charge is -2.40. The quantitative estimate of drug-likeness (QED) is 0.330. The van der Waals surface area contributed by atoms with Gasteiger partial charge in [-0.25, -0.2) is 14.4 Å². The lowest BCUT2D eigenvalue weighted by atomic mass is 10.1. The molecule has 4 rings (SSSR count). The van der Waals surface area contributed by atoms with Crippen LogP contribution in [0.5, 0.6) is 5.75 Å². The van der Waals surface area contributed by atoms with Crippen LogP contribution in [-0.2, 0) is 0 Å². The van der Waals surface area contributed by atoms with Gasteiger partial charge in [-0.05, 0) is 19.2 Å². The molecule has 3 N–H and O–H groups in total. The number of hydrogen-bond acceptors (Lipinski definition) is 9. The second-order valence-electron chi connectivity index (χ2n) is 8.70. The maximum absolute atomic E-state index is 13.6. The van der Waals surface area contributed by atoms with Crippen LogP contribution < -0.4 is 25.8 Å². The highest BCUT2D eigenvalue weighted by Crippen LogP contribution is 2.34. The smallest absolute Gasteiger partial charge is 0.405 e. The van der Waals surface area contributed by atoms with E-state index in [-0.39, 0.29) is 46.3 Å². The van der Waals surface area contributed by atoms with Crippen LogP contribution in [0.1, 0.15) is 15.5 Å². The molecule has 1 aliphatic rings. The third-order valence-corrected chi connectivity index (χ3v) is 6.12. The summed E-state index contributed by atoms with van der Waals surface area (Å²) < 4.78 is 59.4. The topological polar surface area (TPSA) is 111 Å². The standard InChI is InChI=1S/C25H26F4N8O2.3H2/c1-5-15-10-17(23(38)35-21(15)14(2)26)33-20-6-7-30-24(34-20)32-16-11-18(39-4)22(31-12-16)37-9-8-36(3)19(13-37)25(27,28)29;;;/h5-7,10-12,19H,1-2,8-9,13H2,3-4H3,(H,35,38)(H2,30,32,33,34);3*1H. The Labute approximate surface area is 225 Å². The van der Waals surface area contributed by atoms with Gasteiger partial charge in [-0.1, -0.05) is 19.2 Å². The minimum absolute atomic E-state index is 0. The number of hydrogen-bond donors (Lipinski definition) is 3. The maximum atomic E-state index is 13.6. The fourth-order valence-corrected chi connectivity index (χ4v) is 4.09. The van der Waals surface area contributed by atoms with Gasteiger partial charge in [-0.3, -0.25) is 9.69 Å². The summed E-state index contributed by atoms with van der Waals surface area (Å²) in [6.07, 6.45) is -0.116. The van der Waals surface area contributed by atoms with Crippen molar-refractivity contribution in [3.8, 4) is 5.75 Å². The third kappa shape index (κ3) is 6.17. The SMILES string of the molecule is C=Cc1cc(Nc2ccnc(Nc3cnc(N4CCN(C)C(C(F)(F)F)C4)c(OC)c3)n2)c(=O)[nH]c1C(=C)F.[HH].[HH].[HH]. The Balaban J connectivity index is 0.00000294. The fourth-order valence-electron chi connectivity index (χ4n) is 4.09. The van der Waals surface area contributed by atoms with Gasteiger partial charge >= 0.3 is 6.18 Å². The van der Waals surface area contributed by atoms with E-state index in [4.69, 9.17) is 4.74 Å². The number of nitrogens with one attached hydrogen (secondary N) is 3. The molecule has 0 saturated carbocycles. The van der Waals surface area contributed by atoms with Gasteiger partial charge in [0.1, 0.15) is 23.4 Å². The van der Waals surface area contributed by atoms with Crippen molar-refractivity contribution in [2.45, 2.75) is 12.2 Å². The van der Waals surface area contributed by atoms with Crippen LogP contribution in [0.25, 0.3) is 11.9 Å². The van der Waals surface area contributed by atoms with Gasteiger partial charge in [0, 0.05) is 41.7 Å². The third-order valence-electron chi connectivity index (χ3n) is 6.12. The highest BCUT2D eigenvalue weighted by atomic mass is 19.4. The van der Waals surface area contributed by atoms with Crippen molar-refractivity contribution in [3.05, 3.63) is 65.4 Å². The van der Waals surface area contributed by atoms with Crippen molar-refractivity contribution in [1.82, 2.24) is 24.8 Å². The first-order chi connectivity index (χ1) is 18.5. The van der Waals surface area contributed by atoms with Crippen molar-refractivity contribution in [1.29, 1.82) is 0 Å². The molecule has 1 saturated heterocycles. The Hall–Kier alpha value is -4.46. The number of ether oxygens (including phenoxy) is 1. The Morgan fingerprint density at radius 3 is 2.72 bits per heavy atom. The molecule has 1 aliphatic heterocycles. The van der Waals surface area contributed by atoms with E-state index in [0.717, 1.165) is 0 Å². The summed E-state index contributed by atoms with van der Waals surface area (Å²) in [6, 6.07) is 2.89. The molecule has 0 aliphatic carbocycles. The van der Waals surface area contributed by atoms with Crippen LogP contribution in [0.4, 0.5) is 46.5 Å². The Morgan fingerprint density at radius 1 is 1.28 bits per heavy atom. The number of halogens is 4. The van der Waals surface area contributed by atoms with E-state index in [9.17, 15) is 22.4 Å². The number of nitrogens with zero attached hydrogens (tertiary/aromatic N) is 5. The van der Waals surface area contributed by atoms with E-state index in [0.29, 0.717) is 23.6 Å². The predicted octanol–water partition coefficient (Wildman–Crippen LogP) is 5.06. The summed E-state index contributed by atoms with van der Waals surface area (Å²) in [5, 5.41) is 5.82. The minimum Gasteiger partial charge on any atom is -0.493 e. The molecule has 3 aromatic rings. The van der Waals surface area contributed by atoms with Crippen molar-refractivity contribution in [3.63, 3.8) is 0 Å². The number of pyridine rings is 2. The zero-order valence-electron chi connectivity index (χ0n) is 21.1. The molecule has 39 heavy (non-hydrogen) atoms. The number of aromatic nitrogens is 4. The molecule has 4 heterocycles. The minimum atomic E-state index is -4.37. The lowest BCUT2D eigenvalue weighted by molar-refractivity contribution is -0.180. The number of anilines is 5. The number of H-pyrrole nitrogens is 1. The molecule has 0 spiro atoms. The van der Waals surface area contributed by atoms with Crippen LogP contribution in [0.15, 0.2) is 48.5 Å². The number of piperazine rings is 1. The molecule has 3 aromatic heterocycles. The summed E-state index contributed by atoms with van der Waals surface area (Å²) >= 11 is 0. The molecule has 1 atom stereocenters. The summed E-state index contributed by atoms with van der Waals surface area (Å²) in [5.74, 6) is 0.163. The van der Waals surface area contributed by atoms with Crippen molar-refractivity contribution < 1.29 is 26.6 Å². The zero-order chi connectivity index (χ0) is 28.3. The zero-order valence-corrected chi connectivity index (χ0v) is 21.1. The van der Waals surface area contributed by atoms with Gasteiger partial charge in [-0.15, -0.1) is 0 Å². The molecule has 1 fully saturated rings. The van der Waals surface area contributed by atoms with E-state index in [1.54, 1.807) is 11.0 Å². The van der Waals surface area contributed by atoms with Crippen LogP contribution in [0.2, 0.25) is 0 Å². The summed E-state index contributed by atoms with van der Waals surface area (Å²) in [6.45, 7) is 7.10. The fraction of sp³-hybridized carbons (Fsp3) is 0.280. The number of methoxy groups -OCH3 is 1. The highest BCUT2D eigenvalue weighted by Gasteiger charge is 2.45. The molecular weight excluding hydrogens is 520 g/mol. The second-order valence-corrected chi connectivity index (χ2v) is 8.70. The van der Waals surface area contributed by atoms with E-state index < -0.39 is 23.6 Å². The van der Waals surface area contributed by atoms with Gasteiger partial charge < -0.3 is 25.3 Å². The van der Waals surface area contributed by atoms with Gasteiger partial charge in [0.25, 0.3) is 5.56 Å².